The molecule has 0 radical (unpaired) electrons. The molecule has 4 atom stereocenters. The number of fused-ring (bicyclic) bond motifs is 6. The Morgan fingerprint density at radius 3 is 2.33 bits per heavy atom. The molecule has 3 aliphatic heterocycles. The number of hydrogen-bond acceptors (Lipinski definition) is 10. The Bertz CT molecular complexity index is 2160. The number of amides is 2. The van der Waals surface area contributed by atoms with E-state index in [2.05, 4.69) is 15.3 Å². The van der Waals surface area contributed by atoms with Crippen molar-refractivity contribution in [3.8, 4) is 17.1 Å². The molecule has 0 saturated carbocycles. The van der Waals surface area contributed by atoms with Crippen molar-refractivity contribution in [2.75, 3.05) is 23.0 Å². The first-order valence-corrected chi connectivity index (χ1v) is 18.1. The van der Waals surface area contributed by atoms with Gasteiger partial charge in [0.1, 0.15) is 39.7 Å². The molecule has 2 bridgehead atoms. The molecule has 2 saturated heterocycles. The van der Waals surface area contributed by atoms with E-state index in [4.69, 9.17) is 19.2 Å². The highest BCUT2D eigenvalue weighted by Crippen LogP contribution is 2.47. The summed E-state index contributed by atoms with van der Waals surface area (Å²) in [6, 6.07) is 1.69. The molecule has 0 spiro atoms. The number of halogens is 4. The number of benzene rings is 2. The van der Waals surface area contributed by atoms with E-state index >= 15 is 13.2 Å². The Labute approximate surface area is 301 Å². The van der Waals surface area contributed by atoms with Crippen LogP contribution in [0.25, 0.3) is 32.9 Å². The van der Waals surface area contributed by atoms with Gasteiger partial charge in [0.2, 0.25) is 5.88 Å². The van der Waals surface area contributed by atoms with Gasteiger partial charge in [-0.1, -0.05) is 11.8 Å². The standard InChI is InChI=1S/C36H38F4N6O5S/c1-15-29-21-12-9-16(46(21)34(48)51-36(5,6)7)14-45(29)30-23-28(43-32(44-30)52-8)26(40)27(42-31(23)49-15)18-13-20(41-33(47)50-35(2,3)4)24(38)17-10-11-19(37)25(39)22(17)18/h10-11,13,15-16,21,29H,9,12,14H2,1-8H3,(H,41,47)/t15-,16+,21-,29+/m0/s1. The summed E-state index contributed by atoms with van der Waals surface area (Å²) in [5.74, 6) is -4.61. The molecule has 52 heavy (non-hydrogen) atoms. The third kappa shape index (κ3) is 6.07. The number of nitrogens with one attached hydrogen (secondary N) is 1. The Balaban J connectivity index is 1.42. The van der Waals surface area contributed by atoms with E-state index in [1.54, 1.807) is 59.6 Å². The van der Waals surface area contributed by atoms with E-state index in [0.29, 0.717) is 25.2 Å². The summed E-state index contributed by atoms with van der Waals surface area (Å²) < 4.78 is 81.0. The van der Waals surface area contributed by atoms with E-state index < -0.39 is 81.0 Å². The molecule has 2 fully saturated rings. The second-order valence-corrected chi connectivity index (χ2v) is 16.0. The van der Waals surface area contributed by atoms with E-state index in [1.165, 1.54) is 11.8 Å². The lowest BCUT2D eigenvalue weighted by atomic mass is 9.97. The zero-order chi connectivity index (χ0) is 37.6. The van der Waals surface area contributed by atoms with Crippen LogP contribution < -0.4 is 15.0 Å². The number of carbonyl (C=O) groups excluding carboxylic acids is 2. The summed E-state index contributed by atoms with van der Waals surface area (Å²) >= 11 is 1.17. The van der Waals surface area contributed by atoms with Gasteiger partial charge in [0.05, 0.1) is 23.8 Å². The summed E-state index contributed by atoms with van der Waals surface area (Å²) in [6.07, 6.45) is 0.983. The van der Waals surface area contributed by atoms with Crippen molar-refractivity contribution in [3.05, 3.63) is 41.5 Å². The van der Waals surface area contributed by atoms with Crippen molar-refractivity contribution in [1.82, 2.24) is 19.9 Å². The summed E-state index contributed by atoms with van der Waals surface area (Å²) in [5, 5.41) is 1.64. The maximum absolute atomic E-state index is 17.1. The lowest BCUT2D eigenvalue weighted by Crippen LogP contribution is -2.65. The van der Waals surface area contributed by atoms with Gasteiger partial charge >= 0.3 is 12.2 Å². The second-order valence-electron chi connectivity index (χ2n) is 15.2. The molecule has 0 unspecified atom stereocenters. The number of rotatable bonds is 3. The van der Waals surface area contributed by atoms with E-state index in [1.807, 2.05) is 4.90 Å². The smallest absolute Gasteiger partial charge is 0.412 e. The normalized spacial score (nSPS) is 21.2. The predicted octanol–water partition coefficient (Wildman–Crippen LogP) is 8.21. The zero-order valence-electron chi connectivity index (χ0n) is 29.9. The van der Waals surface area contributed by atoms with Crippen LogP contribution in [0.3, 0.4) is 0 Å². The molecule has 4 aromatic rings. The van der Waals surface area contributed by atoms with Gasteiger partial charge in [0, 0.05) is 22.9 Å². The fourth-order valence-corrected chi connectivity index (χ4v) is 7.76. The lowest BCUT2D eigenvalue weighted by Gasteiger charge is -2.48. The average molecular weight is 743 g/mol. The number of ether oxygens (including phenoxy) is 3. The lowest BCUT2D eigenvalue weighted by molar-refractivity contribution is 0.000927. The summed E-state index contributed by atoms with van der Waals surface area (Å²) in [5.41, 5.74) is -3.24. The van der Waals surface area contributed by atoms with Crippen molar-refractivity contribution in [1.29, 1.82) is 0 Å². The van der Waals surface area contributed by atoms with Crippen molar-refractivity contribution in [2.45, 2.75) is 102 Å². The van der Waals surface area contributed by atoms with E-state index in [9.17, 15) is 14.0 Å². The molecule has 11 nitrogen and oxygen atoms in total. The SMILES string of the molecule is CSc1nc2c3c(nc(-c4cc(NC(=O)OC(C)(C)C)c(F)c5ccc(F)c(F)c45)c(F)c3n1)O[C@@H](C)[C@@H]1[C@@H]3CC[C@H](CN21)N3C(=O)OC(C)(C)C. The van der Waals surface area contributed by atoms with Crippen LogP contribution in [-0.2, 0) is 9.47 Å². The van der Waals surface area contributed by atoms with Crippen molar-refractivity contribution >= 4 is 57.1 Å². The molecular weight excluding hydrogens is 704 g/mol. The molecule has 5 heterocycles. The van der Waals surface area contributed by atoms with Gasteiger partial charge in [-0.05, 0) is 85.8 Å². The van der Waals surface area contributed by atoms with Gasteiger partial charge in [0.15, 0.2) is 28.4 Å². The predicted molar refractivity (Wildman–Crippen MR) is 188 cm³/mol. The van der Waals surface area contributed by atoms with Gasteiger partial charge in [0.25, 0.3) is 0 Å². The van der Waals surface area contributed by atoms with Crippen molar-refractivity contribution < 1.29 is 41.4 Å². The molecule has 7 rings (SSSR count). The van der Waals surface area contributed by atoms with Crippen LogP contribution >= 0.6 is 11.8 Å². The first-order valence-electron chi connectivity index (χ1n) is 16.9. The van der Waals surface area contributed by atoms with Gasteiger partial charge < -0.3 is 19.1 Å². The Hall–Kier alpha value is -4.60. The highest BCUT2D eigenvalue weighted by Gasteiger charge is 2.54. The van der Waals surface area contributed by atoms with Crippen LogP contribution in [0.2, 0.25) is 0 Å². The maximum atomic E-state index is 17.1. The number of piperazine rings is 1. The second kappa shape index (κ2) is 12.5. The number of pyridine rings is 1. The Kier molecular flexibility index (Phi) is 8.62. The first-order chi connectivity index (χ1) is 24.4. The first kappa shape index (κ1) is 35.8. The number of hydrogen-bond donors (Lipinski definition) is 1. The monoisotopic (exact) mass is 742 g/mol. The van der Waals surface area contributed by atoms with Crippen molar-refractivity contribution in [2.24, 2.45) is 0 Å². The highest BCUT2D eigenvalue weighted by molar-refractivity contribution is 7.98. The van der Waals surface area contributed by atoms with Crippen LogP contribution in [-0.4, -0.2) is 80.3 Å². The molecule has 0 aliphatic carbocycles. The number of nitrogens with zero attached hydrogens (tertiary/aromatic N) is 5. The van der Waals surface area contributed by atoms with Crippen LogP contribution in [0.4, 0.5) is 38.7 Å². The fourth-order valence-electron chi connectivity index (χ4n) is 7.40. The van der Waals surface area contributed by atoms with Gasteiger partial charge in [-0.2, -0.15) is 0 Å². The molecule has 16 heteroatoms. The number of carbonyl (C=O) groups is 2. The summed E-state index contributed by atoms with van der Waals surface area (Å²) in [7, 11) is 0. The molecule has 3 aliphatic rings. The summed E-state index contributed by atoms with van der Waals surface area (Å²) in [4.78, 5) is 43.8. The third-order valence-electron chi connectivity index (χ3n) is 9.27. The van der Waals surface area contributed by atoms with E-state index in [0.717, 1.165) is 18.2 Å². The average Bonchev–Trinajstić information content (AvgIpc) is 3.29. The largest absolute Gasteiger partial charge is 0.472 e. The molecule has 2 aromatic heterocycles. The number of thioether (sulfide) groups is 1. The topological polar surface area (TPSA) is 119 Å². The van der Waals surface area contributed by atoms with Crippen LogP contribution in [0, 0.1) is 23.3 Å². The van der Waals surface area contributed by atoms with Gasteiger partial charge in [-0.25, -0.2) is 42.1 Å². The number of aromatic nitrogens is 3. The minimum atomic E-state index is -1.44. The minimum absolute atomic E-state index is 0.0911. The highest BCUT2D eigenvalue weighted by atomic mass is 32.2. The van der Waals surface area contributed by atoms with E-state index in [-0.39, 0.29) is 39.6 Å². The van der Waals surface area contributed by atoms with Gasteiger partial charge in [-0.15, -0.1) is 0 Å². The quantitative estimate of drug-likeness (QED) is 0.125. The molecule has 1 N–H and O–H groups in total. The Morgan fingerprint density at radius 1 is 0.942 bits per heavy atom. The van der Waals surface area contributed by atoms with Crippen LogP contribution in [0.15, 0.2) is 23.4 Å². The van der Waals surface area contributed by atoms with Gasteiger partial charge in [-0.3, -0.25) is 10.2 Å². The number of anilines is 2. The molecule has 2 aromatic carbocycles. The van der Waals surface area contributed by atoms with Crippen LogP contribution in [0.1, 0.15) is 61.3 Å². The summed E-state index contributed by atoms with van der Waals surface area (Å²) in [6.45, 7) is 12.4. The third-order valence-corrected chi connectivity index (χ3v) is 9.82. The maximum Gasteiger partial charge on any atom is 0.412 e. The molecule has 2 amide bonds. The van der Waals surface area contributed by atoms with Crippen molar-refractivity contribution in [3.63, 3.8) is 0 Å². The molecule has 276 valence electrons. The Morgan fingerprint density at radius 2 is 1.65 bits per heavy atom. The fraction of sp³-hybridized carbons (Fsp3) is 0.472. The minimum Gasteiger partial charge on any atom is -0.472 e. The van der Waals surface area contributed by atoms with Crippen LogP contribution in [0.5, 0.6) is 5.88 Å². The molecular formula is C36H38F4N6O5S. The zero-order valence-corrected chi connectivity index (χ0v) is 30.7.